The number of nitrogens with zero attached hydrogens (tertiary/aromatic N) is 1. The fourth-order valence-corrected chi connectivity index (χ4v) is 3.17. The lowest BCUT2D eigenvalue weighted by Gasteiger charge is -2.04. The van der Waals surface area contributed by atoms with Crippen molar-refractivity contribution in [1.82, 2.24) is 4.83 Å². The number of nitrogens with one attached hydrogen (secondary N) is 1. The summed E-state index contributed by atoms with van der Waals surface area (Å²) >= 11 is 0. The highest BCUT2D eigenvalue weighted by atomic mass is 32.2. The van der Waals surface area contributed by atoms with E-state index < -0.39 is 30.8 Å². The van der Waals surface area contributed by atoms with Crippen molar-refractivity contribution in [1.29, 1.82) is 0 Å². The maximum atomic E-state index is 12.0. The number of phenolic OH excluding ortho intramolecular Hbond substituents is 1. The molecular formula is C14H14N2O6S2. The first kappa shape index (κ1) is 17.9. The number of phenols is 1. The molecule has 0 aliphatic heterocycles. The Hall–Kier alpha value is -2.43. The Bertz CT molecular complexity index is 980. The quantitative estimate of drug-likeness (QED) is 0.412. The van der Waals surface area contributed by atoms with Crippen molar-refractivity contribution in [3.63, 3.8) is 0 Å². The molecule has 2 rings (SSSR count). The Labute approximate surface area is 139 Å². The van der Waals surface area contributed by atoms with Gasteiger partial charge in [-0.05, 0) is 42.8 Å². The SMILES string of the molecule is Cc1ccc(S(=O)(=O)N/N=C\c2ccc(O)c(S(=O)(=O)O)c2)cc1. The molecule has 0 aliphatic rings. The van der Waals surface area contributed by atoms with Crippen molar-refractivity contribution in [3.8, 4) is 5.75 Å². The maximum absolute atomic E-state index is 12.0. The Morgan fingerprint density at radius 2 is 1.67 bits per heavy atom. The van der Waals surface area contributed by atoms with Gasteiger partial charge in [-0.3, -0.25) is 4.55 Å². The van der Waals surface area contributed by atoms with Crippen LogP contribution < -0.4 is 4.83 Å². The van der Waals surface area contributed by atoms with Crippen LogP contribution in [0.3, 0.4) is 0 Å². The summed E-state index contributed by atoms with van der Waals surface area (Å²) in [6, 6.07) is 9.41. The molecule has 0 fully saturated rings. The highest BCUT2D eigenvalue weighted by Crippen LogP contribution is 2.22. The van der Waals surface area contributed by atoms with Gasteiger partial charge in [-0.25, -0.2) is 4.83 Å². The van der Waals surface area contributed by atoms with Crippen molar-refractivity contribution in [2.75, 3.05) is 0 Å². The molecule has 0 bridgehead atoms. The first-order valence-corrected chi connectivity index (χ1v) is 9.44. The number of hydrogen-bond acceptors (Lipinski definition) is 6. The third kappa shape index (κ3) is 4.31. The minimum Gasteiger partial charge on any atom is -0.506 e. The van der Waals surface area contributed by atoms with Gasteiger partial charge in [0.2, 0.25) is 0 Å². The third-order valence-electron chi connectivity index (χ3n) is 2.98. The van der Waals surface area contributed by atoms with Gasteiger partial charge in [0.25, 0.3) is 20.1 Å². The van der Waals surface area contributed by atoms with E-state index in [1.54, 1.807) is 12.1 Å². The molecule has 128 valence electrons. The highest BCUT2D eigenvalue weighted by molar-refractivity contribution is 7.89. The molecule has 0 spiro atoms. The number of rotatable bonds is 5. The Balaban J connectivity index is 2.21. The van der Waals surface area contributed by atoms with Crippen LogP contribution in [0.1, 0.15) is 11.1 Å². The van der Waals surface area contributed by atoms with Crippen molar-refractivity contribution >= 4 is 26.4 Å². The smallest absolute Gasteiger partial charge is 0.298 e. The summed E-state index contributed by atoms with van der Waals surface area (Å²) in [6.07, 6.45) is 1.04. The molecule has 0 saturated carbocycles. The minimum atomic E-state index is -4.61. The van der Waals surface area contributed by atoms with Crippen LogP contribution in [0.5, 0.6) is 5.75 Å². The van der Waals surface area contributed by atoms with Gasteiger partial charge >= 0.3 is 0 Å². The van der Waals surface area contributed by atoms with E-state index in [0.717, 1.165) is 23.9 Å². The zero-order valence-corrected chi connectivity index (χ0v) is 14.0. The second kappa shape index (κ2) is 6.59. The number of sulfonamides is 1. The highest BCUT2D eigenvalue weighted by Gasteiger charge is 2.16. The van der Waals surface area contributed by atoms with Gasteiger partial charge in [-0.2, -0.15) is 21.9 Å². The molecule has 10 heteroatoms. The van der Waals surface area contributed by atoms with Crippen LogP contribution in [0.2, 0.25) is 0 Å². The second-order valence-electron chi connectivity index (χ2n) is 4.87. The number of aryl methyl sites for hydroxylation is 1. The monoisotopic (exact) mass is 370 g/mol. The second-order valence-corrected chi connectivity index (χ2v) is 7.92. The van der Waals surface area contributed by atoms with Gasteiger partial charge in [0.1, 0.15) is 10.6 Å². The minimum absolute atomic E-state index is 0.0228. The zero-order valence-electron chi connectivity index (χ0n) is 12.4. The van der Waals surface area contributed by atoms with E-state index in [-0.39, 0.29) is 10.5 Å². The lowest BCUT2D eigenvalue weighted by atomic mass is 10.2. The molecule has 0 atom stereocenters. The van der Waals surface area contributed by atoms with Crippen LogP contribution in [-0.4, -0.2) is 32.7 Å². The molecule has 2 aromatic rings. The molecular weight excluding hydrogens is 356 g/mol. The molecule has 8 nitrogen and oxygen atoms in total. The van der Waals surface area contributed by atoms with E-state index in [1.807, 2.05) is 11.8 Å². The molecule has 0 heterocycles. The third-order valence-corrected chi connectivity index (χ3v) is 5.10. The first-order chi connectivity index (χ1) is 11.1. The summed E-state index contributed by atoms with van der Waals surface area (Å²) in [5.74, 6) is -0.630. The van der Waals surface area contributed by atoms with Gasteiger partial charge in [-0.15, -0.1) is 0 Å². The van der Waals surface area contributed by atoms with Gasteiger partial charge in [0.05, 0.1) is 11.1 Å². The van der Waals surface area contributed by atoms with Gasteiger partial charge in [0.15, 0.2) is 0 Å². The van der Waals surface area contributed by atoms with E-state index in [2.05, 4.69) is 5.10 Å². The molecule has 2 aromatic carbocycles. The Morgan fingerprint density at radius 1 is 1.04 bits per heavy atom. The van der Waals surface area contributed by atoms with Gasteiger partial charge < -0.3 is 5.11 Å². The van der Waals surface area contributed by atoms with E-state index >= 15 is 0 Å². The number of hydrogen-bond donors (Lipinski definition) is 3. The summed E-state index contributed by atoms with van der Waals surface area (Å²) in [5, 5.41) is 12.9. The predicted molar refractivity (Wildman–Crippen MR) is 87.0 cm³/mol. The van der Waals surface area contributed by atoms with Crippen LogP contribution in [0, 0.1) is 6.92 Å². The summed E-state index contributed by atoms with van der Waals surface area (Å²) in [6.45, 7) is 1.82. The Morgan fingerprint density at radius 3 is 2.25 bits per heavy atom. The molecule has 0 saturated heterocycles. The summed E-state index contributed by atoms with van der Waals surface area (Å²) in [4.78, 5) is 1.30. The molecule has 0 aromatic heterocycles. The van der Waals surface area contributed by atoms with Crippen LogP contribution in [0.4, 0.5) is 0 Å². The molecule has 0 radical (unpaired) electrons. The van der Waals surface area contributed by atoms with E-state index in [4.69, 9.17) is 4.55 Å². The Kier molecular flexibility index (Phi) is 4.92. The lowest BCUT2D eigenvalue weighted by Crippen LogP contribution is -2.18. The molecule has 0 amide bonds. The lowest BCUT2D eigenvalue weighted by molar-refractivity contribution is 0.443. The molecule has 3 N–H and O–H groups in total. The number of benzene rings is 2. The fourth-order valence-electron chi connectivity index (χ4n) is 1.76. The predicted octanol–water partition coefficient (Wildman–Crippen LogP) is 1.26. The van der Waals surface area contributed by atoms with Gasteiger partial charge in [-0.1, -0.05) is 17.7 Å². The van der Waals surface area contributed by atoms with Crippen molar-refractivity contribution in [2.45, 2.75) is 16.7 Å². The van der Waals surface area contributed by atoms with E-state index in [9.17, 15) is 21.9 Å². The average Bonchev–Trinajstić information content (AvgIpc) is 2.48. The summed E-state index contributed by atoms with van der Waals surface area (Å²) in [7, 11) is -8.47. The number of hydrazone groups is 1. The number of aromatic hydroxyl groups is 1. The average molecular weight is 370 g/mol. The normalized spacial score (nSPS) is 12.4. The largest absolute Gasteiger partial charge is 0.506 e. The van der Waals surface area contributed by atoms with Crippen molar-refractivity contribution < 1.29 is 26.5 Å². The van der Waals surface area contributed by atoms with Crippen LogP contribution in [0.25, 0.3) is 0 Å². The van der Waals surface area contributed by atoms with Crippen LogP contribution in [-0.2, 0) is 20.1 Å². The van der Waals surface area contributed by atoms with Crippen molar-refractivity contribution in [3.05, 3.63) is 53.6 Å². The maximum Gasteiger partial charge on any atom is 0.298 e. The van der Waals surface area contributed by atoms with Crippen LogP contribution >= 0.6 is 0 Å². The van der Waals surface area contributed by atoms with E-state index in [0.29, 0.717) is 0 Å². The van der Waals surface area contributed by atoms with Gasteiger partial charge in [0, 0.05) is 0 Å². The molecule has 0 aliphatic carbocycles. The van der Waals surface area contributed by atoms with Crippen molar-refractivity contribution in [2.24, 2.45) is 5.10 Å². The zero-order chi connectivity index (χ0) is 18.0. The summed E-state index contributed by atoms with van der Waals surface area (Å²) < 4.78 is 55.2. The summed E-state index contributed by atoms with van der Waals surface area (Å²) in [5.41, 5.74) is 1.06. The molecule has 0 unspecified atom stereocenters. The van der Waals surface area contributed by atoms with E-state index in [1.165, 1.54) is 18.2 Å². The first-order valence-electron chi connectivity index (χ1n) is 6.52. The van der Waals surface area contributed by atoms with Crippen LogP contribution in [0.15, 0.2) is 57.4 Å². The topological polar surface area (TPSA) is 133 Å². The standard InChI is InChI=1S/C14H14N2O6S2/c1-10-2-5-12(6-3-10)23(18,19)16-15-9-11-4-7-13(17)14(8-11)24(20,21)22/h2-9,16-17H,1H3,(H,20,21,22)/b15-9-. The molecule has 24 heavy (non-hydrogen) atoms. The fraction of sp³-hybridized carbons (Fsp3) is 0.0714.